The van der Waals surface area contributed by atoms with Gasteiger partial charge in [0.2, 0.25) is 0 Å². The molecular formula is C11H11ClO5. The zero-order valence-corrected chi connectivity index (χ0v) is 9.86. The Labute approximate surface area is 103 Å². The van der Waals surface area contributed by atoms with Crippen LogP contribution in [-0.2, 0) is 9.53 Å². The van der Waals surface area contributed by atoms with Crippen molar-refractivity contribution in [3.05, 3.63) is 28.8 Å². The first-order valence-corrected chi connectivity index (χ1v) is 5.23. The lowest BCUT2D eigenvalue weighted by Gasteiger charge is -2.09. The molecule has 0 aliphatic carbocycles. The van der Waals surface area contributed by atoms with Gasteiger partial charge in [-0.05, 0) is 25.1 Å². The van der Waals surface area contributed by atoms with Gasteiger partial charge in [0.25, 0.3) is 0 Å². The van der Waals surface area contributed by atoms with Gasteiger partial charge in [0.05, 0.1) is 6.61 Å². The van der Waals surface area contributed by atoms with Crippen LogP contribution in [0.1, 0.15) is 17.3 Å². The van der Waals surface area contributed by atoms with Gasteiger partial charge in [-0.1, -0.05) is 11.6 Å². The second-order valence-electron chi connectivity index (χ2n) is 3.04. The fraction of sp³-hybridized carbons (Fsp3) is 0.273. The molecule has 17 heavy (non-hydrogen) atoms. The average molecular weight is 259 g/mol. The van der Waals surface area contributed by atoms with Crippen molar-refractivity contribution >= 4 is 23.5 Å². The third kappa shape index (κ3) is 3.96. The van der Waals surface area contributed by atoms with E-state index >= 15 is 0 Å². The summed E-state index contributed by atoms with van der Waals surface area (Å²) < 4.78 is 9.77. The fourth-order valence-electron chi connectivity index (χ4n) is 1.14. The van der Waals surface area contributed by atoms with E-state index in [1.165, 1.54) is 18.2 Å². The minimum absolute atomic E-state index is 0.112. The summed E-state index contributed by atoms with van der Waals surface area (Å²) in [6, 6.07) is 4.30. The highest BCUT2D eigenvalue weighted by Crippen LogP contribution is 2.23. The lowest BCUT2D eigenvalue weighted by Crippen LogP contribution is -2.13. The van der Waals surface area contributed by atoms with Gasteiger partial charge in [-0.25, -0.2) is 9.59 Å². The maximum absolute atomic E-state index is 11.6. The molecule has 0 heterocycles. The van der Waals surface area contributed by atoms with E-state index < -0.39 is 18.5 Å². The van der Waals surface area contributed by atoms with Crippen LogP contribution in [0.15, 0.2) is 18.2 Å². The molecule has 0 aliphatic heterocycles. The van der Waals surface area contributed by atoms with Crippen molar-refractivity contribution in [2.24, 2.45) is 0 Å². The lowest BCUT2D eigenvalue weighted by molar-refractivity contribution is -0.139. The van der Waals surface area contributed by atoms with E-state index in [-0.39, 0.29) is 17.9 Å². The molecule has 0 amide bonds. The van der Waals surface area contributed by atoms with Crippen LogP contribution >= 0.6 is 11.6 Å². The Hall–Kier alpha value is -1.75. The van der Waals surface area contributed by atoms with E-state index in [0.717, 1.165) is 0 Å². The maximum atomic E-state index is 11.6. The van der Waals surface area contributed by atoms with E-state index in [1.807, 2.05) is 0 Å². The number of halogens is 1. The number of aliphatic carboxylic acids is 1. The summed E-state index contributed by atoms with van der Waals surface area (Å²) in [5, 5.41) is 8.84. The van der Waals surface area contributed by atoms with E-state index in [4.69, 9.17) is 26.2 Å². The number of esters is 1. The number of hydrogen-bond donors (Lipinski definition) is 1. The molecule has 1 N–H and O–H groups in total. The van der Waals surface area contributed by atoms with Crippen molar-refractivity contribution < 1.29 is 24.2 Å². The summed E-state index contributed by atoms with van der Waals surface area (Å²) in [4.78, 5) is 21.9. The van der Waals surface area contributed by atoms with Crippen molar-refractivity contribution in [3.8, 4) is 5.75 Å². The molecule has 0 atom stereocenters. The summed E-state index contributed by atoms with van der Waals surface area (Å²) in [5.41, 5.74) is 0.112. The lowest BCUT2D eigenvalue weighted by atomic mass is 10.2. The number of hydrogen-bond acceptors (Lipinski definition) is 4. The van der Waals surface area contributed by atoms with Crippen molar-refractivity contribution in [1.29, 1.82) is 0 Å². The maximum Gasteiger partial charge on any atom is 0.341 e. The van der Waals surface area contributed by atoms with Gasteiger partial charge < -0.3 is 14.6 Å². The molecular weight excluding hydrogens is 248 g/mol. The molecule has 0 spiro atoms. The molecule has 92 valence electrons. The largest absolute Gasteiger partial charge is 0.481 e. The molecule has 0 saturated carbocycles. The molecule has 6 heteroatoms. The first-order valence-electron chi connectivity index (χ1n) is 4.86. The highest BCUT2D eigenvalue weighted by molar-refractivity contribution is 6.31. The predicted octanol–water partition coefficient (Wildman–Crippen LogP) is 1.98. The molecule has 0 fully saturated rings. The molecule has 0 radical (unpaired) electrons. The minimum atomic E-state index is -1.13. The molecule has 0 saturated heterocycles. The Morgan fingerprint density at radius 1 is 1.41 bits per heavy atom. The third-order valence-electron chi connectivity index (χ3n) is 1.79. The Morgan fingerprint density at radius 3 is 2.71 bits per heavy atom. The topological polar surface area (TPSA) is 72.8 Å². The smallest absolute Gasteiger partial charge is 0.341 e. The third-order valence-corrected chi connectivity index (χ3v) is 2.02. The molecule has 0 aromatic heterocycles. The summed E-state index contributed by atoms with van der Waals surface area (Å²) in [5.74, 6) is -1.60. The number of ether oxygens (including phenoxy) is 2. The van der Waals surface area contributed by atoms with E-state index in [2.05, 4.69) is 0 Å². The SMILES string of the molecule is CCOC(=O)c1cc(Cl)ccc1OCC(=O)O. The van der Waals surface area contributed by atoms with E-state index in [9.17, 15) is 9.59 Å². The zero-order valence-electron chi connectivity index (χ0n) is 9.10. The Morgan fingerprint density at radius 2 is 2.12 bits per heavy atom. The molecule has 5 nitrogen and oxygen atoms in total. The second-order valence-corrected chi connectivity index (χ2v) is 3.48. The number of carboxylic acids is 1. The number of rotatable bonds is 5. The van der Waals surface area contributed by atoms with Crippen LogP contribution in [0.4, 0.5) is 0 Å². The molecule has 0 unspecified atom stereocenters. The molecule has 1 aromatic carbocycles. The van der Waals surface area contributed by atoms with E-state index in [0.29, 0.717) is 5.02 Å². The van der Waals surface area contributed by atoms with Gasteiger partial charge in [-0.15, -0.1) is 0 Å². The van der Waals surface area contributed by atoms with Crippen LogP contribution in [0.25, 0.3) is 0 Å². The Kier molecular flexibility index (Phi) is 4.78. The first-order chi connectivity index (χ1) is 8.04. The number of carbonyl (C=O) groups is 2. The summed E-state index contributed by atoms with van der Waals surface area (Å²) in [6.07, 6.45) is 0. The summed E-state index contributed by atoms with van der Waals surface area (Å²) >= 11 is 5.74. The van der Waals surface area contributed by atoms with Gasteiger partial charge in [-0.2, -0.15) is 0 Å². The number of carbonyl (C=O) groups excluding carboxylic acids is 1. The molecule has 0 aliphatic rings. The Balaban J connectivity index is 2.95. The molecule has 0 bridgehead atoms. The summed E-state index contributed by atoms with van der Waals surface area (Å²) in [7, 11) is 0. The average Bonchev–Trinajstić information content (AvgIpc) is 2.27. The van der Waals surface area contributed by atoms with Gasteiger partial charge in [-0.3, -0.25) is 0 Å². The van der Waals surface area contributed by atoms with Crippen LogP contribution in [0.3, 0.4) is 0 Å². The van der Waals surface area contributed by atoms with E-state index in [1.54, 1.807) is 6.92 Å². The van der Waals surface area contributed by atoms with Crippen molar-refractivity contribution in [2.75, 3.05) is 13.2 Å². The van der Waals surface area contributed by atoms with Gasteiger partial charge in [0, 0.05) is 5.02 Å². The minimum Gasteiger partial charge on any atom is -0.481 e. The van der Waals surface area contributed by atoms with Gasteiger partial charge in [0.15, 0.2) is 6.61 Å². The van der Waals surface area contributed by atoms with Crippen molar-refractivity contribution in [1.82, 2.24) is 0 Å². The summed E-state index contributed by atoms with van der Waals surface area (Å²) in [6.45, 7) is 1.35. The number of carboxylic acid groups (broad SMARTS) is 1. The van der Waals surface area contributed by atoms with Crippen molar-refractivity contribution in [2.45, 2.75) is 6.92 Å². The van der Waals surface area contributed by atoms with Crippen LogP contribution in [0, 0.1) is 0 Å². The fourth-order valence-corrected chi connectivity index (χ4v) is 1.31. The first kappa shape index (κ1) is 13.3. The van der Waals surface area contributed by atoms with Crippen LogP contribution in [0.5, 0.6) is 5.75 Å². The zero-order chi connectivity index (χ0) is 12.8. The molecule has 1 aromatic rings. The van der Waals surface area contributed by atoms with Crippen LogP contribution < -0.4 is 4.74 Å². The highest BCUT2D eigenvalue weighted by Gasteiger charge is 2.15. The molecule has 1 rings (SSSR count). The van der Waals surface area contributed by atoms with Crippen molar-refractivity contribution in [3.63, 3.8) is 0 Å². The predicted molar refractivity (Wildman–Crippen MR) is 60.5 cm³/mol. The monoisotopic (exact) mass is 258 g/mol. The second kappa shape index (κ2) is 6.10. The number of benzene rings is 1. The Bertz CT molecular complexity index is 430. The van der Waals surface area contributed by atoms with Crippen LogP contribution in [-0.4, -0.2) is 30.3 Å². The van der Waals surface area contributed by atoms with Gasteiger partial charge in [0.1, 0.15) is 11.3 Å². The van der Waals surface area contributed by atoms with Crippen LogP contribution in [0.2, 0.25) is 5.02 Å². The highest BCUT2D eigenvalue weighted by atomic mass is 35.5. The standard InChI is InChI=1S/C11H11ClO5/c1-2-16-11(15)8-5-7(12)3-4-9(8)17-6-10(13)14/h3-5H,2,6H2,1H3,(H,13,14). The quantitative estimate of drug-likeness (QED) is 0.818. The normalized spacial score (nSPS) is 9.76. The van der Waals surface area contributed by atoms with Gasteiger partial charge >= 0.3 is 11.9 Å².